The molecule has 0 spiro atoms. The van der Waals surface area contributed by atoms with E-state index in [0.717, 1.165) is 74.7 Å². The summed E-state index contributed by atoms with van der Waals surface area (Å²) in [5.74, 6) is 5.33. The normalized spacial score (nSPS) is 38.6. The lowest BCUT2D eigenvalue weighted by Gasteiger charge is -2.61. The summed E-state index contributed by atoms with van der Waals surface area (Å²) >= 11 is 0. The first-order valence-corrected chi connectivity index (χ1v) is 17.1. The molecule has 39 heavy (non-hydrogen) atoms. The van der Waals surface area contributed by atoms with Crippen molar-refractivity contribution in [3.05, 3.63) is 0 Å². The molecule has 226 valence electrons. The van der Waals surface area contributed by atoms with Crippen LogP contribution in [-0.4, -0.2) is 44.2 Å². The Morgan fingerprint density at radius 3 is 2.38 bits per heavy atom. The first-order chi connectivity index (χ1) is 18.7. The molecule has 5 heteroatoms. The summed E-state index contributed by atoms with van der Waals surface area (Å²) in [6.45, 7) is 16.0. The van der Waals surface area contributed by atoms with Crippen molar-refractivity contribution >= 4 is 5.91 Å². The lowest BCUT2D eigenvalue weighted by molar-refractivity contribution is -0.122. The highest BCUT2D eigenvalue weighted by Gasteiger charge is 2.59. The number of carbonyl (C=O) groups excluding carboxylic acids is 1. The monoisotopic (exact) mass is 545 g/mol. The van der Waals surface area contributed by atoms with Gasteiger partial charge in [0, 0.05) is 18.5 Å². The van der Waals surface area contributed by atoms with Crippen LogP contribution in [0.5, 0.6) is 0 Å². The van der Waals surface area contributed by atoms with Crippen molar-refractivity contribution in [1.29, 1.82) is 0 Å². The topological polar surface area (TPSA) is 79.2 Å². The fraction of sp³-hybridized carbons (Fsp3) is 0.971. The van der Waals surface area contributed by atoms with E-state index in [1.165, 1.54) is 70.6 Å². The Hall–Kier alpha value is -0.650. The summed E-state index contributed by atoms with van der Waals surface area (Å²) in [6, 6.07) is 1.01. The van der Waals surface area contributed by atoms with Gasteiger partial charge in [0.2, 0.25) is 5.91 Å². The summed E-state index contributed by atoms with van der Waals surface area (Å²) in [4.78, 5) is 12.5. The molecule has 4 fully saturated rings. The van der Waals surface area contributed by atoms with Gasteiger partial charge in [0.25, 0.3) is 0 Å². The van der Waals surface area contributed by atoms with Gasteiger partial charge in [0.05, 0.1) is 0 Å². The first kappa shape index (κ1) is 31.3. The van der Waals surface area contributed by atoms with Crippen molar-refractivity contribution in [3.8, 4) is 0 Å². The summed E-state index contributed by atoms with van der Waals surface area (Å²) < 4.78 is 0. The van der Waals surface area contributed by atoms with E-state index < -0.39 is 0 Å². The van der Waals surface area contributed by atoms with E-state index in [1.807, 2.05) is 0 Å². The van der Waals surface area contributed by atoms with Crippen LogP contribution < -0.4 is 21.7 Å². The number of carbonyl (C=O) groups is 1. The number of fused-ring (bicyclic) bond motifs is 5. The van der Waals surface area contributed by atoms with E-state index in [-0.39, 0.29) is 11.9 Å². The summed E-state index contributed by atoms with van der Waals surface area (Å²) in [7, 11) is 0. The van der Waals surface area contributed by atoms with E-state index in [0.29, 0.717) is 23.2 Å². The minimum atomic E-state index is 0.259. The molecule has 9 atom stereocenters. The van der Waals surface area contributed by atoms with E-state index >= 15 is 0 Å². The molecule has 0 radical (unpaired) electrons. The quantitative estimate of drug-likeness (QED) is 0.195. The maximum atomic E-state index is 12.5. The molecule has 0 aromatic carbocycles. The molecule has 5 nitrogen and oxygen atoms in total. The van der Waals surface area contributed by atoms with Crippen molar-refractivity contribution < 1.29 is 4.79 Å². The van der Waals surface area contributed by atoms with Gasteiger partial charge in [-0.3, -0.25) is 4.79 Å². The fourth-order valence-corrected chi connectivity index (χ4v) is 9.90. The Bertz CT molecular complexity index is 772. The zero-order valence-electron chi connectivity index (χ0n) is 26.3. The summed E-state index contributed by atoms with van der Waals surface area (Å²) in [6.07, 6.45) is 18.2. The summed E-state index contributed by atoms with van der Waals surface area (Å²) in [5, 5.41) is 10.7. The smallest absolute Gasteiger partial charge is 0.220 e. The van der Waals surface area contributed by atoms with Gasteiger partial charge in [-0.05, 0) is 163 Å². The molecule has 0 saturated heterocycles. The van der Waals surface area contributed by atoms with Gasteiger partial charge < -0.3 is 21.7 Å². The minimum Gasteiger partial charge on any atom is -0.353 e. The number of nitrogens with one attached hydrogen (secondary N) is 3. The highest BCUT2D eigenvalue weighted by atomic mass is 16.1. The van der Waals surface area contributed by atoms with Crippen LogP contribution in [0.3, 0.4) is 0 Å². The zero-order chi connectivity index (χ0) is 28.0. The van der Waals surface area contributed by atoms with Gasteiger partial charge in [0.15, 0.2) is 0 Å². The van der Waals surface area contributed by atoms with Gasteiger partial charge in [-0.1, -0.05) is 27.7 Å². The second-order valence-electron chi connectivity index (χ2n) is 15.1. The number of rotatable bonds is 14. The van der Waals surface area contributed by atoms with Gasteiger partial charge in [-0.25, -0.2) is 0 Å². The third kappa shape index (κ3) is 7.23. The molecule has 1 amide bonds. The molecule has 0 heterocycles. The average Bonchev–Trinajstić information content (AvgIpc) is 3.24. The van der Waals surface area contributed by atoms with E-state index in [2.05, 4.69) is 50.6 Å². The van der Waals surface area contributed by atoms with Crippen LogP contribution in [0, 0.1) is 46.3 Å². The molecule has 0 bridgehead atoms. The van der Waals surface area contributed by atoms with Crippen LogP contribution in [0.4, 0.5) is 0 Å². The average molecular weight is 545 g/mol. The Balaban J connectivity index is 1.24. The van der Waals surface area contributed by atoms with Crippen molar-refractivity contribution in [2.75, 3.05) is 26.2 Å². The molecule has 9 unspecified atom stereocenters. The second-order valence-corrected chi connectivity index (χ2v) is 15.1. The van der Waals surface area contributed by atoms with Crippen molar-refractivity contribution in [3.63, 3.8) is 0 Å². The lowest BCUT2D eigenvalue weighted by atomic mass is 9.44. The van der Waals surface area contributed by atoms with Gasteiger partial charge in [-0.15, -0.1) is 0 Å². The molecule has 4 saturated carbocycles. The Morgan fingerprint density at radius 1 is 0.872 bits per heavy atom. The molecule has 4 rings (SSSR count). The minimum absolute atomic E-state index is 0.259. The fourth-order valence-electron chi connectivity index (χ4n) is 9.90. The second kappa shape index (κ2) is 14.0. The zero-order valence-corrected chi connectivity index (χ0v) is 26.3. The van der Waals surface area contributed by atoms with Crippen LogP contribution >= 0.6 is 0 Å². The SMILES string of the molecule is CC(C)C(C)NC(=O)CCCC1CCC2C3CCC4CC(NCCCNCCCN)CCC4(C)C3CCC12C. The molecule has 4 aliphatic rings. The largest absolute Gasteiger partial charge is 0.353 e. The number of hydrogen-bond donors (Lipinski definition) is 4. The maximum Gasteiger partial charge on any atom is 0.220 e. The molecule has 0 aliphatic heterocycles. The highest BCUT2D eigenvalue weighted by Crippen LogP contribution is 2.67. The Kier molecular flexibility index (Phi) is 11.2. The molecule has 0 aromatic heterocycles. The van der Waals surface area contributed by atoms with Crippen molar-refractivity contribution in [2.24, 2.45) is 52.1 Å². The highest BCUT2D eigenvalue weighted by molar-refractivity contribution is 5.76. The van der Waals surface area contributed by atoms with E-state index in [4.69, 9.17) is 5.73 Å². The Morgan fingerprint density at radius 2 is 1.62 bits per heavy atom. The van der Waals surface area contributed by atoms with Gasteiger partial charge in [0.1, 0.15) is 0 Å². The molecule has 4 aliphatic carbocycles. The van der Waals surface area contributed by atoms with Crippen molar-refractivity contribution in [1.82, 2.24) is 16.0 Å². The van der Waals surface area contributed by atoms with Crippen LogP contribution in [0.25, 0.3) is 0 Å². The van der Waals surface area contributed by atoms with E-state index in [1.54, 1.807) is 0 Å². The standard InChI is InChI=1S/C34H64N4O/c1-24(2)25(3)38-32(39)10-6-9-26-12-14-30-29-13-11-27-23-28(37-22-8-21-36-20-7-19-35)15-17-34(27,5)31(29)16-18-33(26,30)4/h24-31,36-37H,6-23,35H2,1-5H3,(H,38,39). The third-order valence-corrected chi connectivity index (χ3v) is 12.7. The van der Waals surface area contributed by atoms with Crippen LogP contribution in [0.15, 0.2) is 0 Å². The molecule has 0 aromatic rings. The molecule has 5 N–H and O–H groups in total. The predicted molar refractivity (Wildman–Crippen MR) is 164 cm³/mol. The lowest BCUT2D eigenvalue weighted by Crippen LogP contribution is -2.55. The molecular weight excluding hydrogens is 480 g/mol. The van der Waals surface area contributed by atoms with Crippen molar-refractivity contribution in [2.45, 2.75) is 137 Å². The van der Waals surface area contributed by atoms with Crippen LogP contribution in [0.2, 0.25) is 0 Å². The summed E-state index contributed by atoms with van der Waals surface area (Å²) in [5.41, 5.74) is 6.67. The van der Waals surface area contributed by atoms with Crippen LogP contribution in [-0.2, 0) is 4.79 Å². The Labute approximate surface area is 241 Å². The number of amides is 1. The number of hydrogen-bond acceptors (Lipinski definition) is 4. The van der Waals surface area contributed by atoms with Gasteiger partial charge >= 0.3 is 0 Å². The van der Waals surface area contributed by atoms with Crippen LogP contribution in [0.1, 0.15) is 125 Å². The molecular formula is C34H64N4O. The van der Waals surface area contributed by atoms with Gasteiger partial charge in [-0.2, -0.15) is 0 Å². The maximum absolute atomic E-state index is 12.5. The third-order valence-electron chi connectivity index (χ3n) is 12.7. The number of nitrogens with two attached hydrogens (primary N) is 1. The predicted octanol–water partition coefficient (Wildman–Crippen LogP) is 6.26. The van der Waals surface area contributed by atoms with E-state index in [9.17, 15) is 4.79 Å². The first-order valence-electron chi connectivity index (χ1n) is 17.1.